The molecule has 210 valence electrons. The monoisotopic (exact) mass is 532 g/mol. The standard InChI is InChI=1S/C31H44N6O2/c1-23(2)32-29-9-16-37(33-29)30(38)35-17-11-31(12-18-35)10-4-13-36(31)22-25-19-24(3)20-28(21-25)39-27-7-14-34(15-8-27)26-5-6-26/h9,16,19-21,26-27H,1,4-8,10-15,17-18,22H2,2-3H3,(H,32,33). The second kappa shape index (κ2) is 11.0. The van der Waals surface area contributed by atoms with Crippen LogP contribution in [-0.4, -0.2) is 80.9 Å². The number of allylic oxidation sites excluding steroid dienone is 1. The fourth-order valence-electron chi connectivity index (χ4n) is 6.98. The summed E-state index contributed by atoms with van der Waals surface area (Å²) in [5, 5.41) is 7.46. The van der Waals surface area contributed by atoms with Crippen molar-refractivity contribution < 1.29 is 9.53 Å². The van der Waals surface area contributed by atoms with Crippen molar-refractivity contribution in [2.75, 3.05) is 38.0 Å². The summed E-state index contributed by atoms with van der Waals surface area (Å²) in [6.45, 7) is 13.9. The quantitative estimate of drug-likeness (QED) is 0.526. The number of nitrogens with one attached hydrogen (secondary N) is 1. The van der Waals surface area contributed by atoms with Gasteiger partial charge in [-0.05, 0) is 95.0 Å². The molecule has 1 aromatic heterocycles. The Hall–Kier alpha value is -2.84. The van der Waals surface area contributed by atoms with Gasteiger partial charge in [0.2, 0.25) is 0 Å². The summed E-state index contributed by atoms with van der Waals surface area (Å²) >= 11 is 0. The second-order valence-electron chi connectivity index (χ2n) is 12.3. The zero-order valence-corrected chi connectivity index (χ0v) is 23.7. The van der Waals surface area contributed by atoms with Crippen LogP contribution in [0.15, 0.2) is 42.7 Å². The van der Waals surface area contributed by atoms with Gasteiger partial charge in [-0.2, -0.15) is 4.68 Å². The van der Waals surface area contributed by atoms with Crippen molar-refractivity contribution in [3.05, 3.63) is 53.9 Å². The number of aryl methyl sites for hydroxylation is 1. The number of hydrogen-bond acceptors (Lipinski definition) is 6. The topological polar surface area (TPSA) is 65.9 Å². The van der Waals surface area contributed by atoms with E-state index in [2.05, 4.69) is 51.9 Å². The van der Waals surface area contributed by atoms with Gasteiger partial charge in [-0.1, -0.05) is 12.6 Å². The summed E-state index contributed by atoms with van der Waals surface area (Å²) in [7, 11) is 0. The molecule has 0 unspecified atom stereocenters. The minimum Gasteiger partial charge on any atom is -0.490 e. The number of piperidine rings is 2. The fraction of sp³-hybridized carbons (Fsp3) is 0.613. The van der Waals surface area contributed by atoms with E-state index in [1.807, 2.05) is 17.9 Å². The van der Waals surface area contributed by atoms with Crippen LogP contribution in [0.3, 0.4) is 0 Å². The smallest absolute Gasteiger partial charge is 0.344 e. The highest BCUT2D eigenvalue weighted by Gasteiger charge is 2.44. The first-order chi connectivity index (χ1) is 18.9. The highest BCUT2D eigenvalue weighted by molar-refractivity contribution is 5.76. The van der Waals surface area contributed by atoms with Gasteiger partial charge in [0.25, 0.3) is 0 Å². The summed E-state index contributed by atoms with van der Waals surface area (Å²) in [5.41, 5.74) is 3.59. The Morgan fingerprint density at radius 3 is 2.56 bits per heavy atom. The van der Waals surface area contributed by atoms with Gasteiger partial charge in [0.05, 0.1) is 0 Å². The van der Waals surface area contributed by atoms with Crippen molar-refractivity contribution in [1.82, 2.24) is 24.5 Å². The maximum Gasteiger partial charge on any atom is 0.344 e. The molecule has 8 nitrogen and oxygen atoms in total. The van der Waals surface area contributed by atoms with E-state index in [0.717, 1.165) is 69.4 Å². The van der Waals surface area contributed by atoms with E-state index < -0.39 is 0 Å². The van der Waals surface area contributed by atoms with E-state index in [0.29, 0.717) is 11.9 Å². The van der Waals surface area contributed by atoms with Crippen LogP contribution in [0.1, 0.15) is 69.4 Å². The average Bonchev–Trinajstić information content (AvgIpc) is 3.55. The number of aromatic nitrogens is 2. The molecule has 0 radical (unpaired) electrons. The number of carbonyl (C=O) groups excluding carboxylic acids is 1. The number of ether oxygens (including phenoxy) is 1. The van der Waals surface area contributed by atoms with Crippen LogP contribution < -0.4 is 10.1 Å². The molecule has 8 heteroatoms. The van der Waals surface area contributed by atoms with E-state index in [4.69, 9.17) is 4.74 Å². The third-order valence-corrected chi connectivity index (χ3v) is 9.16. The van der Waals surface area contributed by atoms with E-state index in [-0.39, 0.29) is 11.6 Å². The van der Waals surface area contributed by atoms with Crippen molar-refractivity contribution in [2.45, 2.75) is 89.4 Å². The molecule has 4 fully saturated rings. The first kappa shape index (κ1) is 26.4. The molecule has 1 N–H and O–H groups in total. The van der Waals surface area contributed by atoms with Crippen LogP contribution in [0.2, 0.25) is 0 Å². The van der Waals surface area contributed by atoms with Crippen molar-refractivity contribution in [1.29, 1.82) is 0 Å². The average molecular weight is 533 g/mol. The molecule has 39 heavy (non-hydrogen) atoms. The summed E-state index contributed by atoms with van der Waals surface area (Å²) in [6, 6.07) is 9.42. The maximum absolute atomic E-state index is 13.1. The lowest BCUT2D eigenvalue weighted by Crippen LogP contribution is -2.53. The summed E-state index contributed by atoms with van der Waals surface area (Å²) in [6.07, 6.45) is 11.5. The largest absolute Gasteiger partial charge is 0.490 e. The molecule has 0 atom stereocenters. The molecule has 6 rings (SSSR count). The van der Waals surface area contributed by atoms with E-state index in [1.165, 1.54) is 54.6 Å². The molecule has 4 heterocycles. The number of benzene rings is 1. The van der Waals surface area contributed by atoms with E-state index in [1.54, 1.807) is 6.20 Å². The van der Waals surface area contributed by atoms with Crippen LogP contribution in [0, 0.1) is 6.92 Å². The predicted molar refractivity (Wildman–Crippen MR) is 154 cm³/mol. The number of amides is 1. The molecular formula is C31H44N6O2. The van der Waals surface area contributed by atoms with Crippen LogP contribution >= 0.6 is 0 Å². The van der Waals surface area contributed by atoms with Gasteiger partial charge in [-0.15, -0.1) is 5.10 Å². The van der Waals surface area contributed by atoms with Gasteiger partial charge in [-0.3, -0.25) is 4.90 Å². The first-order valence-corrected chi connectivity index (χ1v) is 14.9. The van der Waals surface area contributed by atoms with E-state index >= 15 is 0 Å². The Balaban J connectivity index is 1.05. The predicted octanol–water partition coefficient (Wildman–Crippen LogP) is 5.24. The molecule has 4 aliphatic rings. The van der Waals surface area contributed by atoms with Gasteiger partial charge >= 0.3 is 6.03 Å². The number of hydrogen-bond donors (Lipinski definition) is 1. The SMILES string of the molecule is C=C(C)Nc1ccn(C(=O)N2CCC3(CCCN3Cc3cc(C)cc(OC4CCN(C5CC5)CC4)c3)CC2)n1. The van der Waals surface area contributed by atoms with Crippen molar-refractivity contribution >= 4 is 11.8 Å². The third-order valence-electron chi connectivity index (χ3n) is 9.16. The first-order valence-electron chi connectivity index (χ1n) is 14.9. The van der Waals surface area contributed by atoms with Crippen molar-refractivity contribution in [2.24, 2.45) is 0 Å². The Labute approximate surface area is 233 Å². The van der Waals surface area contributed by atoms with Crippen LogP contribution in [-0.2, 0) is 6.54 Å². The minimum absolute atomic E-state index is 0.0485. The zero-order valence-electron chi connectivity index (χ0n) is 23.7. The lowest BCUT2D eigenvalue weighted by Gasteiger charge is -2.45. The highest BCUT2D eigenvalue weighted by atomic mass is 16.5. The van der Waals surface area contributed by atoms with E-state index in [9.17, 15) is 4.79 Å². The number of rotatable bonds is 7. The molecule has 1 aliphatic carbocycles. The van der Waals surface area contributed by atoms with Crippen LogP contribution in [0.4, 0.5) is 10.6 Å². The maximum atomic E-state index is 13.1. The summed E-state index contributed by atoms with van der Waals surface area (Å²) in [5.74, 6) is 1.68. The lowest BCUT2D eigenvalue weighted by molar-refractivity contribution is 0.0582. The second-order valence-corrected chi connectivity index (χ2v) is 12.3. The van der Waals surface area contributed by atoms with Crippen molar-refractivity contribution in [3.8, 4) is 5.75 Å². The van der Waals surface area contributed by atoms with Crippen LogP contribution in [0.5, 0.6) is 5.75 Å². The Bertz CT molecular complexity index is 1190. The molecule has 3 saturated heterocycles. The van der Waals surface area contributed by atoms with Gasteiger partial charge < -0.3 is 19.9 Å². The molecular weight excluding hydrogens is 488 g/mol. The number of likely N-dealkylation sites (tertiary alicyclic amines) is 3. The van der Waals surface area contributed by atoms with Gasteiger partial charge in [0, 0.05) is 62.3 Å². The molecule has 3 aliphatic heterocycles. The molecule has 1 aromatic carbocycles. The molecule has 1 spiro atoms. The Kier molecular flexibility index (Phi) is 7.42. The Morgan fingerprint density at radius 2 is 1.85 bits per heavy atom. The highest BCUT2D eigenvalue weighted by Crippen LogP contribution is 2.40. The summed E-state index contributed by atoms with van der Waals surface area (Å²) in [4.78, 5) is 20.4. The van der Waals surface area contributed by atoms with Gasteiger partial charge in [0.1, 0.15) is 11.9 Å². The normalized spacial score (nSPS) is 22.4. The third kappa shape index (κ3) is 6.02. The molecule has 1 amide bonds. The number of nitrogens with zero attached hydrogens (tertiary/aromatic N) is 5. The van der Waals surface area contributed by atoms with Crippen LogP contribution in [0.25, 0.3) is 0 Å². The number of anilines is 1. The minimum atomic E-state index is -0.0485. The Morgan fingerprint density at radius 1 is 1.08 bits per heavy atom. The summed E-state index contributed by atoms with van der Waals surface area (Å²) < 4.78 is 7.97. The number of carbonyl (C=O) groups is 1. The van der Waals surface area contributed by atoms with Gasteiger partial charge in [0.15, 0.2) is 5.82 Å². The van der Waals surface area contributed by atoms with Crippen molar-refractivity contribution in [3.63, 3.8) is 0 Å². The lowest BCUT2D eigenvalue weighted by atomic mass is 9.84. The zero-order chi connectivity index (χ0) is 27.0. The molecule has 1 saturated carbocycles. The fourth-order valence-corrected chi connectivity index (χ4v) is 6.98. The van der Waals surface area contributed by atoms with Gasteiger partial charge in [-0.25, -0.2) is 4.79 Å². The molecule has 2 aromatic rings. The molecule has 0 bridgehead atoms.